The number of hydrogen-bond acceptors (Lipinski definition) is 4. The molecule has 4 rings (SSSR count). The second-order valence-corrected chi connectivity index (χ2v) is 9.06. The molecule has 0 amide bonds. The molecule has 0 bridgehead atoms. The van der Waals surface area contributed by atoms with Gasteiger partial charge in [-0.1, -0.05) is 0 Å². The Balaban J connectivity index is 1.83. The number of benzene rings is 1. The van der Waals surface area contributed by atoms with Crippen LogP contribution < -0.4 is 9.80 Å². The molecule has 1 aromatic rings. The van der Waals surface area contributed by atoms with Gasteiger partial charge in [-0.15, -0.1) is 0 Å². The summed E-state index contributed by atoms with van der Waals surface area (Å²) in [6, 6.07) is 1.07. The van der Waals surface area contributed by atoms with Gasteiger partial charge in [0.15, 0.2) is 0 Å². The van der Waals surface area contributed by atoms with Crippen molar-refractivity contribution < 1.29 is 27.5 Å². The van der Waals surface area contributed by atoms with Crippen molar-refractivity contribution in [1.29, 1.82) is 0 Å². The predicted molar refractivity (Wildman–Crippen MR) is 110 cm³/mol. The monoisotopic (exact) mass is 441 g/mol. The number of carboxylic acid groups (broad SMARTS) is 1. The quantitative estimate of drug-likeness (QED) is 0.697. The van der Waals surface area contributed by atoms with Crippen molar-refractivity contribution in [3.05, 3.63) is 34.8 Å². The Labute approximate surface area is 178 Å². The maximum absolute atomic E-state index is 15.2. The van der Waals surface area contributed by atoms with Gasteiger partial charge < -0.3 is 19.8 Å². The first-order valence-electron chi connectivity index (χ1n) is 10.5. The van der Waals surface area contributed by atoms with Gasteiger partial charge in [0.2, 0.25) is 0 Å². The maximum Gasteiger partial charge on any atom is 0.420 e. The van der Waals surface area contributed by atoms with Crippen LogP contribution in [0.2, 0.25) is 0 Å². The minimum Gasteiger partial charge on any atom is -0.478 e. The van der Waals surface area contributed by atoms with Crippen LogP contribution in [-0.4, -0.2) is 55.2 Å². The fourth-order valence-electron chi connectivity index (χ4n) is 4.75. The lowest BCUT2D eigenvalue weighted by atomic mass is 9.93. The number of anilines is 2. The average molecular weight is 441 g/mol. The van der Waals surface area contributed by atoms with Gasteiger partial charge in [-0.2, -0.15) is 13.2 Å². The lowest BCUT2D eigenvalue weighted by Crippen LogP contribution is -2.35. The van der Waals surface area contributed by atoms with Crippen molar-refractivity contribution in [3.8, 4) is 0 Å². The number of aliphatic carboxylic acids is 1. The second kappa shape index (κ2) is 7.69. The molecule has 1 aliphatic carbocycles. The van der Waals surface area contributed by atoms with Gasteiger partial charge in [0, 0.05) is 37.8 Å². The molecular formula is C22H27F4N3O2. The zero-order valence-corrected chi connectivity index (χ0v) is 17.8. The van der Waals surface area contributed by atoms with Gasteiger partial charge in [0.1, 0.15) is 11.4 Å². The minimum absolute atomic E-state index is 0.0271. The highest BCUT2D eigenvalue weighted by atomic mass is 19.4. The predicted octanol–water partition coefficient (Wildman–Crippen LogP) is 4.11. The Morgan fingerprint density at radius 2 is 1.90 bits per heavy atom. The number of rotatable bonds is 5. The van der Waals surface area contributed by atoms with Crippen LogP contribution in [0.1, 0.15) is 37.3 Å². The largest absolute Gasteiger partial charge is 0.478 e. The maximum atomic E-state index is 15.2. The zero-order valence-electron chi connectivity index (χ0n) is 17.8. The van der Waals surface area contributed by atoms with Crippen LogP contribution in [-0.2, 0) is 17.4 Å². The van der Waals surface area contributed by atoms with E-state index in [2.05, 4.69) is 0 Å². The standard InChI is InChI=1S/C22H27F4N3O2/c1-12(27(2)3)13-6-7-28(10-13)20-17(23)9-14-8-15(21(30)31)11-29(16-4-5-16)19(14)18(20)22(24,25)26/h9,11-13,16H,4-8,10H2,1-3H3,(H,30,31)/t12-,13+/m1/s1. The van der Waals surface area contributed by atoms with Crippen LogP contribution in [0.3, 0.4) is 0 Å². The Bertz CT molecular complexity index is 924. The van der Waals surface area contributed by atoms with Crippen LogP contribution in [0.5, 0.6) is 0 Å². The van der Waals surface area contributed by atoms with E-state index >= 15 is 4.39 Å². The molecule has 5 nitrogen and oxygen atoms in total. The topological polar surface area (TPSA) is 47.0 Å². The van der Waals surface area contributed by atoms with Crippen LogP contribution in [0.15, 0.2) is 17.8 Å². The van der Waals surface area contributed by atoms with E-state index in [1.807, 2.05) is 25.9 Å². The molecule has 2 aliphatic heterocycles. The Morgan fingerprint density at radius 3 is 2.45 bits per heavy atom. The highest BCUT2D eigenvalue weighted by molar-refractivity contribution is 5.90. The molecule has 0 unspecified atom stereocenters. The van der Waals surface area contributed by atoms with Crippen molar-refractivity contribution in [2.45, 2.75) is 50.9 Å². The summed E-state index contributed by atoms with van der Waals surface area (Å²) in [4.78, 5) is 16.5. The van der Waals surface area contributed by atoms with Crippen LogP contribution in [0.4, 0.5) is 28.9 Å². The number of alkyl halides is 3. The van der Waals surface area contributed by atoms with Gasteiger partial charge in [0.05, 0.1) is 16.9 Å². The normalized spacial score (nSPS) is 22.6. The molecule has 2 fully saturated rings. The van der Waals surface area contributed by atoms with Crippen LogP contribution >= 0.6 is 0 Å². The molecular weight excluding hydrogens is 414 g/mol. The summed E-state index contributed by atoms with van der Waals surface area (Å²) in [5.74, 6) is -2.01. The van der Waals surface area contributed by atoms with E-state index < -0.39 is 29.2 Å². The molecule has 2 atom stereocenters. The van der Waals surface area contributed by atoms with Crippen molar-refractivity contribution in [3.63, 3.8) is 0 Å². The molecule has 1 saturated carbocycles. The molecule has 31 heavy (non-hydrogen) atoms. The molecule has 0 radical (unpaired) electrons. The Hall–Kier alpha value is -2.29. The summed E-state index contributed by atoms with van der Waals surface area (Å²) in [5, 5.41) is 9.41. The van der Waals surface area contributed by atoms with Crippen LogP contribution in [0.25, 0.3) is 0 Å². The average Bonchev–Trinajstić information content (AvgIpc) is 3.41. The third-order valence-electron chi connectivity index (χ3n) is 6.78. The number of fused-ring (bicyclic) bond motifs is 1. The van der Waals surface area contributed by atoms with Crippen molar-refractivity contribution in [2.75, 3.05) is 37.0 Å². The van der Waals surface area contributed by atoms with Gasteiger partial charge in [-0.25, -0.2) is 9.18 Å². The summed E-state index contributed by atoms with van der Waals surface area (Å²) < 4.78 is 58.4. The number of halogens is 4. The number of carboxylic acids is 1. The van der Waals surface area contributed by atoms with E-state index in [-0.39, 0.29) is 41.2 Å². The van der Waals surface area contributed by atoms with E-state index in [0.717, 1.165) is 6.07 Å². The summed E-state index contributed by atoms with van der Waals surface area (Å²) >= 11 is 0. The molecule has 9 heteroatoms. The van der Waals surface area contributed by atoms with E-state index in [9.17, 15) is 23.1 Å². The number of hydrogen-bond donors (Lipinski definition) is 1. The molecule has 170 valence electrons. The molecule has 3 aliphatic rings. The third-order valence-corrected chi connectivity index (χ3v) is 6.78. The van der Waals surface area contributed by atoms with E-state index in [4.69, 9.17) is 0 Å². The lowest BCUT2D eigenvalue weighted by molar-refractivity contribution is -0.136. The first-order valence-corrected chi connectivity index (χ1v) is 10.5. The van der Waals surface area contributed by atoms with E-state index in [1.54, 1.807) is 0 Å². The second-order valence-electron chi connectivity index (χ2n) is 9.06. The van der Waals surface area contributed by atoms with E-state index in [1.165, 1.54) is 16.0 Å². The molecule has 0 spiro atoms. The summed E-state index contributed by atoms with van der Waals surface area (Å²) in [5.41, 5.74) is -1.41. The van der Waals surface area contributed by atoms with Crippen molar-refractivity contribution >= 4 is 17.3 Å². The van der Waals surface area contributed by atoms with Crippen LogP contribution in [0, 0.1) is 11.7 Å². The molecule has 0 aromatic heterocycles. The molecule has 1 saturated heterocycles. The van der Waals surface area contributed by atoms with Gasteiger partial charge in [-0.3, -0.25) is 0 Å². The Morgan fingerprint density at radius 1 is 1.23 bits per heavy atom. The summed E-state index contributed by atoms with van der Waals surface area (Å²) in [6.07, 6.45) is -1.65. The smallest absolute Gasteiger partial charge is 0.420 e. The Kier molecular flexibility index (Phi) is 5.44. The van der Waals surface area contributed by atoms with Crippen molar-refractivity contribution in [2.24, 2.45) is 5.92 Å². The summed E-state index contributed by atoms with van der Waals surface area (Å²) in [7, 11) is 3.85. The molecule has 2 heterocycles. The molecule has 1 N–H and O–H groups in total. The van der Waals surface area contributed by atoms with E-state index in [0.29, 0.717) is 32.4 Å². The van der Waals surface area contributed by atoms with Crippen molar-refractivity contribution in [1.82, 2.24) is 4.90 Å². The summed E-state index contributed by atoms with van der Waals surface area (Å²) in [6.45, 7) is 2.72. The molecule has 1 aromatic carbocycles. The first kappa shape index (κ1) is 21.9. The highest BCUT2D eigenvalue weighted by Gasteiger charge is 2.46. The zero-order chi connectivity index (χ0) is 22.7. The lowest BCUT2D eigenvalue weighted by Gasteiger charge is -2.35. The fourth-order valence-corrected chi connectivity index (χ4v) is 4.75. The van der Waals surface area contributed by atoms with Gasteiger partial charge >= 0.3 is 12.1 Å². The third kappa shape index (κ3) is 4.00. The number of nitrogens with zero attached hydrogens (tertiary/aromatic N) is 3. The SMILES string of the molecule is C[C@H]([C@H]1CCN(c2c(F)cc3c(c2C(F)(F)F)N(C2CC2)C=C(C(=O)O)C3)C1)N(C)C. The number of carbonyl (C=O) groups is 1. The minimum atomic E-state index is -4.77. The first-order chi connectivity index (χ1) is 14.5. The van der Waals surface area contributed by atoms with Gasteiger partial charge in [-0.05, 0) is 57.8 Å². The highest BCUT2D eigenvalue weighted by Crippen LogP contribution is 2.51. The van der Waals surface area contributed by atoms with Gasteiger partial charge in [0.25, 0.3) is 0 Å². The fraction of sp³-hybridized carbons (Fsp3) is 0.591.